The van der Waals surface area contributed by atoms with Crippen molar-refractivity contribution in [3.8, 4) is 0 Å². The van der Waals surface area contributed by atoms with E-state index in [9.17, 15) is 0 Å². The first-order chi connectivity index (χ1) is 7.58. The van der Waals surface area contributed by atoms with Crippen molar-refractivity contribution in [1.29, 1.82) is 0 Å². The summed E-state index contributed by atoms with van der Waals surface area (Å²) in [5.41, 5.74) is 7.73. The molecule has 3 atom stereocenters. The fourth-order valence-electron chi connectivity index (χ4n) is 2.38. The second kappa shape index (κ2) is 4.32. The Morgan fingerprint density at radius 1 is 1.38 bits per heavy atom. The Labute approximate surface area is 97.5 Å². The van der Waals surface area contributed by atoms with Crippen LogP contribution in [0.3, 0.4) is 0 Å². The molecule has 1 aromatic rings. The average Bonchev–Trinajstić information content (AvgIpc) is 2.55. The van der Waals surface area contributed by atoms with Crippen LogP contribution in [0, 0.1) is 18.8 Å². The Hall–Kier alpha value is -1.25. The number of anilines is 2. The quantitative estimate of drug-likeness (QED) is 0.804. The third-order valence-corrected chi connectivity index (χ3v) is 3.94. The van der Waals surface area contributed by atoms with Gasteiger partial charge in [0.2, 0.25) is 0 Å². The molecule has 1 aliphatic rings. The molecule has 0 aliphatic heterocycles. The first-order valence-corrected chi connectivity index (χ1v) is 6.06. The third kappa shape index (κ3) is 2.13. The summed E-state index contributed by atoms with van der Waals surface area (Å²) in [6.07, 6.45) is 4.37. The minimum absolute atomic E-state index is 0.546. The van der Waals surface area contributed by atoms with Crippen LogP contribution in [0.1, 0.15) is 32.3 Å². The van der Waals surface area contributed by atoms with Gasteiger partial charge in [-0.1, -0.05) is 13.8 Å². The van der Waals surface area contributed by atoms with Crippen molar-refractivity contribution in [3.05, 3.63) is 17.8 Å². The van der Waals surface area contributed by atoms with Gasteiger partial charge >= 0.3 is 0 Å². The zero-order valence-corrected chi connectivity index (χ0v) is 10.3. The zero-order valence-electron chi connectivity index (χ0n) is 10.3. The Bertz CT molecular complexity index is 375. The SMILES string of the molecule is Cc1cnc(NC2CCC(C)C2C)cc1N. The van der Waals surface area contributed by atoms with Gasteiger partial charge in [0.15, 0.2) is 0 Å². The largest absolute Gasteiger partial charge is 0.398 e. The van der Waals surface area contributed by atoms with Crippen LogP contribution in [0.2, 0.25) is 0 Å². The highest BCUT2D eigenvalue weighted by atomic mass is 15.0. The van der Waals surface area contributed by atoms with E-state index in [-0.39, 0.29) is 0 Å². The highest BCUT2D eigenvalue weighted by molar-refractivity contribution is 5.53. The number of hydrogen-bond acceptors (Lipinski definition) is 3. The summed E-state index contributed by atoms with van der Waals surface area (Å²) in [5.74, 6) is 2.43. The fraction of sp³-hybridized carbons (Fsp3) is 0.615. The Balaban J connectivity index is 2.07. The van der Waals surface area contributed by atoms with Gasteiger partial charge in [-0.25, -0.2) is 4.98 Å². The van der Waals surface area contributed by atoms with Gasteiger partial charge in [0, 0.05) is 24.0 Å². The standard InChI is InChI=1S/C13H21N3/c1-8-4-5-12(10(8)3)16-13-6-11(14)9(2)7-15-13/h6-8,10,12H,4-5H2,1-3H3,(H3,14,15,16). The monoisotopic (exact) mass is 219 g/mol. The normalized spacial score (nSPS) is 29.3. The van der Waals surface area contributed by atoms with Crippen LogP contribution in [-0.4, -0.2) is 11.0 Å². The number of pyridine rings is 1. The maximum Gasteiger partial charge on any atom is 0.128 e. The summed E-state index contributed by atoms with van der Waals surface area (Å²) in [6.45, 7) is 6.61. The van der Waals surface area contributed by atoms with E-state index in [1.807, 2.05) is 19.2 Å². The van der Waals surface area contributed by atoms with E-state index < -0.39 is 0 Å². The van der Waals surface area contributed by atoms with E-state index in [1.165, 1.54) is 12.8 Å². The molecule has 0 saturated heterocycles. The van der Waals surface area contributed by atoms with E-state index in [1.54, 1.807) is 0 Å². The molecule has 0 aromatic carbocycles. The lowest BCUT2D eigenvalue weighted by Crippen LogP contribution is -2.24. The van der Waals surface area contributed by atoms with Crippen molar-refractivity contribution in [2.24, 2.45) is 11.8 Å². The summed E-state index contributed by atoms with van der Waals surface area (Å²) in [7, 11) is 0. The second-order valence-electron chi connectivity index (χ2n) is 5.09. The predicted octanol–water partition coefficient (Wildman–Crippen LogP) is 2.82. The molecule has 0 spiro atoms. The minimum Gasteiger partial charge on any atom is -0.398 e. The van der Waals surface area contributed by atoms with Gasteiger partial charge in [-0.2, -0.15) is 0 Å². The summed E-state index contributed by atoms with van der Waals surface area (Å²) >= 11 is 0. The van der Waals surface area contributed by atoms with Gasteiger partial charge in [0.05, 0.1) is 0 Å². The molecule has 1 aliphatic carbocycles. The molecule has 0 amide bonds. The molecule has 3 unspecified atom stereocenters. The maximum atomic E-state index is 5.88. The molecule has 0 bridgehead atoms. The zero-order chi connectivity index (χ0) is 11.7. The first-order valence-electron chi connectivity index (χ1n) is 6.06. The number of aryl methyl sites for hydroxylation is 1. The van der Waals surface area contributed by atoms with Gasteiger partial charge in [-0.3, -0.25) is 0 Å². The molecule has 0 radical (unpaired) electrons. The van der Waals surface area contributed by atoms with Gasteiger partial charge in [-0.15, -0.1) is 0 Å². The summed E-state index contributed by atoms with van der Waals surface area (Å²) in [4.78, 5) is 4.37. The molecule has 2 rings (SSSR count). The molecule has 1 heterocycles. The highest BCUT2D eigenvalue weighted by Crippen LogP contribution is 2.33. The Morgan fingerprint density at radius 3 is 2.69 bits per heavy atom. The number of nitrogen functional groups attached to an aromatic ring is 1. The second-order valence-corrected chi connectivity index (χ2v) is 5.09. The number of nitrogens with zero attached hydrogens (tertiary/aromatic N) is 1. The van der Waals surface area contributed by atoms with Crippen molar-refractivity contribution >= 4 is 11.5 Å². The van der Waals surface area contributed by atoms with Crippen LogP contribution in [0.15, 0.2) is 12.3 Å². The molecule has 16 heavy (non-hydrogen) atoms. The Kier molecular flexibility index (Phi) is 3.03. The van der Waals surface area contributed by atoms with Crippen molar-refractivity contribution in [2.45, 2.75) is 39.7 Å². The lowest BCUT2D eigenvalue weighted by atomic mass is 9.98. The average molecular weight is 219 g/mol. The fourth-order valence-corrected chi connectivity index (χ4v) is 2.38. The lowest BCUT2D eigenvalue weighted by molar-refractivity contribution is 0.435. The van der Waals surface area contributed by atoms with E-state index in [0.717, 1.165) is 23.0 Å². The van der Waals surface area contributed by atoms with Crippen LogP contribution in [0.25, 0.3) is 0 Å². The minimum atomic E-state index is 0.546. The number of rotatable bonds is 2. The van der Waals surface area contributed by atoms with Gasteiger partial charge in [-0.05, 0) is 37.2 Å². The number of aromatic nitrogens is 1. The highest BCUT2D eigenvalue weighted by Gasteiger charge is 2.29. The van der Waals surface area contributed by atoms with E-state index in [2.05, 4.69) is 24.1 Å². The molecule has 1 saturated carbocycles. The predicted molar refractivity (Wildman–Crippen MR) is 68.4 cm³/mol. The smallest absolute Gasteiger partial charge is 0.128 e. The molecular formula is C13H21N3. The van der Waals surface area contributed by atoms with Crippen molar-refractivity contribution < 1.29 is 0 Å². The van der Waals surface area contributed by atoms with Crippen molar-refractivity contribution in [3.63, 3.8) is 0 Å². The van der Waals surface area contributed by atoms with Crippen LogP contribution in [-0.2, 0) is 0 Å². The van der Waals surface area contributed by atoms with E-state index in [0.29, 0.717) is 12.0 Å². The van der Waals surface area contributed by atoms with E-state index >= 15 is 0 Å². The molecule has 3 nitrogen and oxygen atoms in total. The molecule has 1 fully saturated rings. The topological polar surface area (TPSA) is 50.9 Å². The van der Waals surface area contributed by atoms with Crippen molar-refractivity contribution in [2.75, 3.05) is 11.1 Å². The number of nitrogens with two attached hydrogens (primary N) is 1. The summed E-state index contributed by atoms with van der Waals surface area (Å²) < 4.78 is 0. The van der Waals surface area contributed by atoms with Crippen LogP contribution in [0.4, 0.5) is 11.5 Å². The maximum absolute atomic E-state index is 5.88. The molecule has 88 valence electrons. The summed E-state index contributed by atoms with van der Waals surface area (Å²) in [6, 6.07) is 2.48. The van der Waals surface area contributed by atoms with Crippen LogP contribution in [0.5, 0.6) is 0 Å². The van der Waals surface area contributed by atoms with Crippen molar-refractivity contribution in [1.82, 2.24) is 4.98 Å². The first kappa shape index (κ1) is 11.2. The third-order valence-electron chi connectivity index (χ3n) is 3.94. The number of hydrogen-bond donors (Lipinski definition) is 2. The van der Waals surface area contributed by atoms with Crippen LogP contribution >= 0.6 is 0 Å². The van der Waals surface area contributed by atoms with Gasteiger partial charge in [0.25, 0.3) is 0 Å². The molecule has 3 N–H and O–H groups in total. The number of nitrogens with one attached hydrogen (secondary N) is 1. The molecule has 3 heteroatoms. The lowest BCUT2D eigenvalue weighted by Gasteiger charge is -2.20. The molecular weight excluding hydrogens is 198 g/mol. The van der Waals surface area contributed by atoms with Gasteiger partial charge in [0.1, 0.15) is 5.82 Å². The van der Waals surface area contributed by atoms with Gasteiger partial charge < -0.3 is 11.1 Å². The molecule has 1 aromatic heterocycles. The Morgan fingerprint density at radius 2 is 2.12 bits per heavy atom. The summed E-state index contributed by atoms with van der Waals surface area (Å²) in [5, 5.41) is 3.50. The van der Waals surface area contributed by atoms with Crippen LogP contribution < -0.4 is 11.1 Å². The van der Waals surface area contributed by atoms with E-state index in [4.69, 9.17) is 5.73 Å².